The molecule has 3 rings (SSSR count). The van der Waals surface area contributed by atoms with E-state index in [1.54, 1.807) is 37.3 Å². The minimum Gasteiger partial charge on any atom is -0.368 e. The quantitative estimate of drug-likeness (QED) is 0.894. The van der Waals surface area contributed by atoms with E-state index in [1.807, 2.05) is 6.07 Å². The van der Waals surface area contributed by atoms with Gasteiger partial charge in [-0.3, -0.25) is 14.6 Å². The van der Waals surface area contributed by atoms with Gasteiger partial charge in [0.05, 0.1) is 5.69 Å². The fourth-order valence-electron chi connectivity index (χ4n) is 2.61. The van der Waals surface area contributed by atoms with Crippen molar-refractivity contribution in [1.82, 2.24) is 0 Å². The first-order valence-corrected chi connectivity index (χ1v) is 7.74. The second kappa shape index (κ2) is 6.72. The summed E-state index contributed by atoms with van der Waals surface area (Å²) in [4.78, 5) is 24.2. The van der Waals surface area contributed by atoms with Crippen LogP contribution in [0.1, 0.15) is 12.0 Å². The van der Waals surface area contributed by atoms with E-state index in [-0.39, 0.29) is 12.1 Å². The molecule has 2 aromatic carbocycles. The highest BCUT2D eigenvalue weighted by Gasteiger charge is 2.35. The fraction of sp³-hybridized carbons (Fsp3) is 0.167. The molecule has 0 saturated carbocycles. The topological polar surface area (TPSA) is 87.8 Å². The smallest absolute Gasteiger partial charge is 0.271 e. The Morgan fingerprint density at radius 3 is 2.64 bits per heavy atom. The molecule has 25 heavy (non-hydrogen) atoms. The van der Waals surface area contributed by atoms with Gasteiger partial charge in [-0.05, 0) is 36.8 Å². The van der Waals surface area contributed by atoms with Crippen molar-refractivity contribution in [1.29, 1.82) is 0 Å². The Morgan fingerprint density at radius 1 is 1.24 bits per heavy atom. The van der Waals surface area contributed by atoms with Gasteiger partial charge >= 0.3 is 0 Å². The Balaban J connectivity index is 1.85. The summed E-state index contributed by atoms with van der Waals surface area (Å²) in [6.45, 7) is 1.76. The van der Waals surface area contributed by atoms with Crippen molar-refractivity contribution < 1.29 is 14.0 Å². The van der Waals surface area contributed by atoms with Gasteiger partial charge in [0.15, 0.2) is 0 Å². The summed E-state index contributed by atoms with van der Waals surface area (Å²) >= 11 is 0. The predicted molar refractivity (Wildman–Crippen MR) is 93.7 cm³/mol. The molecule has 2 amide bonds. The molecule has 3 N–H and O–H groups in total. The number of nitrogens with one attached hydrogen (secondary N) is 1. The van der Waals surface area contributed by atoms with E-state index >= 15 is 0 Å². The maximum Gasteiger partial charge on any atom is 0.271 e. The van der Waals surface area contributed by atoms with Crippen molar-refractivity contribution in [2.45, 2.75) is 19.4 Å². The number of carbonyl (C=O) groups is 2. The standard InChI is InChI=1S/C18H17FN4O2/c1-11-7-8-12(19)9-14(11)21-18(25)15-10-16(17(20)24)23(22-15)13-5-3-2-4-6-13/h2-9,16H,10H2,1H3,(H2,20,24)(H,21,25). The second-order valence-electron chi connectivity index (χ2n) is 5.76. The third kappa shape index (κ3) is 3.50. The van der Waals surface area contributed by atoms with Crippen molar-refractivity contribution in [3.63, 3.8) is 0 Å². The highest BCUT2D eigenvalue weighted by molar-refractivity contribution is 6.44. The van der Waals surface area contributed by atoms with Crippen LogP contribution in [0.2, 0.25) is 0 Å². The number of halogens is 1. The summed E-state index contributed by atoms with van der Waals surface area (Å²) in [7, 11) is 0. The van der Waals surface area contributed by atoms with Crippen LogP contribution >= 0.6 is 0 Å². The summed E-state index contributed by atoms with van der Waals surface area (Å²) in [5.74, 6) is -1.51. The number of hydrogen-bond acceptors (Lipinski definition) is 4. The number of hydrogen-bond donors (Lipinski definition) is 2. The largest absolute Gasteiger partial charge is 0.368 e. The van der Waals surface area contributed by atoms with Gasteiger partial charge in [0.25, 0.3) is 5.91 Å². The van der Waals surface area contributed by atoms with Gasteiger partial charge in [0, 0.05) is 12.1 Å². The molecule has 0 aromatic heterocycles. The summed E-state index contributed by atoms with van der Waals surface area (Å²) in [5.41, 5.74) is 7.36. The van der Waals surface area contributed by atoms with Gasteiger partial charge in [-0.1, -0.05) is 24.3 Å². The number of amides is 2. The first kappa shape index (κ1) is 16.6. The molecule has 0 spiro atoms. The molecule has 1 unspecified atom stereocenters. The van der Waals surface area contributed by atoms with E-state index < -0.39 is 23.7 Å². The molecule has 0 aliphatic carbocycles. The number of nitrogens with zero attached hydrogens (tertiary/aromatic N) is 2. The molecule has 0 saturated heterocycles. The molecule has 7 heteroatoms. The minimum atomic E-state index is -0.739. The molecule has 1 aliphatic heterocycles. The molecule has 6 nitrogen and oxygen atoms in total. The first-order chi connectivity index (χ1) is 12.0. The van der Waals surface area contributed by atoms with E-state index in [1.165, 1.54) is 17.1 Å². The maximum atomic E-state index is 13.4. The van der Waals surface area contributed by atoms with Gasteiger partial charge in [-0.2, -0.15) is 5.10 Å². The first-order valence-electron chi connectivity index (χ1n) is 7.74. The van der Waals surface area contributed by atoms with Gasteiger partial charge in [-0.25, -0.2) is 4.39 Å². The molecular formula is C18H17FN4O2. The normalized spacial score (nSPS) is 16.5. The number of nitrogens with two attached hydrogens (primary N) is 1. The van der Waals surface area contributed by atoms with Crippen LogP contribution < -0.4 is 16.1 Å². The van der Waals surface area contributed by atoms with Gasteiger partial charge < -0.3 is 11.1 Å². The molecule has 0 fully saturated rings. The number of hydrazone groups is 1. The van der Waals surface area contributed by atoms with E-state index in [0.717, 1.165) is 5.56 Å². The van der Waals surface area contributed by atoms with Crippen LogP contribution in [0.5, 0.6) is 0 Å². The van der Waals surface area contributed by atoms with Crippen LogP contribution in [0.25, 0.3) is 0 Å². The minimum absolute atomic E-state index is 0.0877. The average molecular weight is 340 g/mol. The lowest BCUT2D eigenvalue weighted by molar-refractivity contribution is -0.119. The number of para-hydroxylation sites is 1. The van der Waals surface area contributed by atoms with E-state index in [2.05, 4.69) is 10.4 Å². The third-order valence-electron chi connectivity index (χ3n) is 3.97. The Morgan fingerprint density at radius 2 is 1.96 bits per heavy atom. The number of benzene rings is 2. The highest BCUT2D eigenvalue weighted by Crippen LogP contribution is 2.25. The van der Waals surface area contributed by atoms with E-state index in [0.29, 0.717) is 11.4 Å². The lowest BCUT2D eigenvalue weighted by Gasteiger charge is -2.20. The lowest BCUT2D eigenvalue weighted by atomic mass is 10.1. The molecule has 1 atom stereocenters. The van der Waals surface area contributed by atoms with E-state index in [4.69, 9.17) is 5.73 Å². The lowest BCUT2D eigenvalue weighted by Crippen LogP contribution is -2.39. The Labute approximate surface area is 144 Å². The van der Waals surface area contributed by atoms with Crippen LogP contribution in [0.4, 0.5) is 15.8 Å². The molecule has 1 aliphatic rings. The van der Waals surface area contributed by atoms with Crippen LogP contribution in [0.3, 0.4) is 0 Å². The van der Waals surface area contributed by atoms with Crippen molar-refractivity contribution in [3.8, 4) is 0 Å². The molecule has 0 radical (unpaired) electrons. The van der Waals surface area contributed by atoms with Crippen molar-refractivity contribution in [3.05, 3.63) is 59.9 Å². The summed E-state index contributed by atoms with van der Waals surface area (Å²) in [6.07, 6.45) is 0.0877. The molecule has 0 bridgehead atoms. The molecule has 128 valence electrons. The van der Waals surface area contributed by atoms with Gasteiger partial charge in [0.2, 0.25) is 5.91 Å². The van der Waals surface area contributed by atoms with Crippen LogP contribution in [0, 0.1) is 12.7 Å². The van der Waals surface area contributed by atoms with E-state index in [9.17, 15) is 14.0 Å². The zero-order valence-electron chi connectivity index (χ0n) is 13.6. The Hall–Kier alpha value is -3.22. The molecule has 1 heterocycles. The third-order valence-corrected chi connectivity index (χ3v) is 3.97. The van der Waals surface area contributed by atoms with Crippen molar-refractivity contribution in [2.24, 2.45) is 10.8 Å². The van der Waals surface area contributed by atoms with Gasteiger partial charge in [-0.15, -0.1) is 0 Å². The number of aryl methyl sites for hydroxylation is 1. The monoisotopic (exact) mass is 340 g/mol. The summed E-state index contributed by atoms with van der Waals surface area (Å²) in [6, 6.07) is 12.4. The van der Waals surface area contributed by atoms with Crippen molar-refractivity contribution in [2.75, 3.05) is 10.3 Å². The number of anilines is 2. The molecular weight excluding hydrogens is 323 g/mol. The number of rotatable bonds is 4. The van der Waals surface area contributed by atoms with Crippen LogP contribution in [0.15, 0.2) is 53.6 Å². The van der Waals surface area contributed by atoms with Crippen LogP contribution in [-0.2, 0) is 9.59 Å². The number of carbonyl (C=O) groups excluding carboxylic acids is 2. The SMILES string of the molecule is Cc1ccc(F)cc1NC(=O)C1=NN(c2ccccc2)C(C(N)=O)C1. The van der Waals surface area contributed by atoms with Crippen LogP contribution in [-0.4, -0.2) is 23.6 Å². The fourth-order valence-corrected chi connectivity index (χ4v) is 2.61. The van der Waals surface area contributed by atoms with Crippen molar-refractivity contribution >= 4 is 28.9 Å². The molecule has 2 aromatic rings. The highest BCUT2D eigenvalue weighted by atomic mass is 19.1. The maximum absolute atomic E-state index is 13.4. The Kier molecular flexibility index (Phi) is 4.47. The summed E-state index contributed by atoms with van der Waals surface area (Å²) < 4.78 is 13.4. The number of primary amides is 1. The zero-order valence-corrected chi connectivity index (χ0v) is 13.6. The average Bonchev–Trinajstić information content (AvgIpc) is 3.05. The second-order valence-corrected chi connectivity index (χ2v) is 5.76. The summed E-state index contributed by atoms with van der Waals surface area (Å²) in [5, 5.41) is 8.33. The predicted octanol–water partition coefficient (Wildman–Crippen LogP) is 2.19. The zero-order chi connectivity index (χ0) is 18.0. The van der Waals surface area contributed by atoms with Gasteiger partial charge in [0.1, 0.15) is 17.6 Å². The Bertz CT molecular complexity index is 851.